The van der Waals surface area contributed by atoms with E-state index in [2.05, 4.69) is 0 Å². The van der Waals surface area contributed by atoms with E-state index in [0.29, 0.717) is 22.9 Å². The highest BCUT2D eigenvalue weighted by molar-refractivity contribution is 6.30. The largest absolute Gasteiger partial charge is 0.488 e. The number of benzene rings is 2. The van der Waals surface area contributed by atoms with Crippen molar-refractivity contribution in [1.29, 1.82) is 0 Å². The first-order chi connectivity index (χ1) is 12.3. The molecule has 1 aliphatic rings. The van der Waals surface area contributed by atoms with Crippen molar-refractivity contribution in [3.05, 3.63) is 70.3 Å². The molecule has 1 fully saturated rings. The summed E-state index contributed by atoms with van der Waals surface area (Å²) in [7, 11) is 0. The second-order valence-corrected chi connectivity index (χ2v) is 6.63. The molecule has 1 heterocycles. The standard InChI is InChI=1S/C20H17ClO5/c1-20(2)25-18(22)16(19(23)26-20)11-14-10-15(21)8-9-17(14)24-12-13-6-4-3-5-7-13/h3-11H,12H2,1-2H3. The fraction of sp³-hybridized carbons (Fsp3) is 0.200. The van der Waals surface area contributed by atoms with Gasteiger partial charge in [-0.3, -0.25) is 0 Å². The van der Waals surface area contributed by atoms with E-state index in [1.165, 1.54) is 19.9 Å². The molecule has 0 radical (unpaired) electrons. The molecule has 2 aromatic rings. The molecule has 1 aliphatic heterocycles. The van der Waals surface area contributed by atoms with Gasteiger partial charge >= 0.3 is 11.9 Å². The van der Waals surface area contributed by atoms with Crippen molar-refractivity contribution in [2.45, 2.75) is 26.2 Å². The molecule has 134 valence electrons. The molecule has 6 heteroatoms. The molecule has 0 spiro atoms. The van der Waals surface area contributed by atoms with E-state index in [9.17, 15) is 9.59 Å². The zero-order valence-corrected chi connectivity index (χ0v) is 15.1. The Morgan fingerprint density at radius 1 is 1.04 bits per heavy atom. The summed E-state index contributed by atoms with van der Waals surface area (Å²) in [5, 5.41) is 0.446. The number of hydrogen-bond acceptors (Lipinski definition) is 5. The third-order valence-electron chi connectivity index (χ3n) is 3.63. The Morgan fingerprint density at radius 3 is 2.35 bits per heavy atom. The summed E-state index contributed by atoms with van der Waals surface area (Å²) in [6.45, 7) is 3.32. The number of hydrogen-bond donors (Lipinski definition) is 0. The number of halogens is 1. The maximum absolute atomic E-state index is 12.1. The van der Waals surface area contributed by atoms with Gasteiger partial charge in [0.15, 0.2) is 0 Å². The van der Waals surface area contributed by atoms with Crippen molar-refractivity contribution >= 4 is 29.6 Å². The average Bonchev–Trinajstić information content (AvgIpc) is 2.57. The van der Waals surface area contributed by atoms with Gasteiger partial charge in [-0.2, -0.15) is 0 Å². The van der Waals surface area contributed by atoms with Crippen molar-refractivity contribution in [2.75, 3.05) is 0 Å². The molecule has 2 aromatic carbocycles. The predicted octanol–water partition coefficient (Wildman–Crippen LogP) is 4.14. The normalized spacial score (nSPS) is 15.9. The minimum absolute atomic E-state index is 0.212. The number of cyclic esters (lactones) is 2. The van der Waals surface area contributed by atoms with Gasteiger partial charge in [0, 0.05) is 24.4 Å². The van der Waals surface area contributed by atoms with E-state index < -0.39 is 17.7 Å². The Kier molecular flexibility index (Phi) is 5.00. The maximum Gasteiger partial charge on any atom is 0.348 e. The quantitative estimate of drug-likeness (QED) is 0.458. The van der Waals surface area contributed by atoms with Crippen molar-refractivity contribution in [3.63, 3.8) is 0 Å². The summed E-state index contributed by atoms with van der Waals surface area (Å²) in [5.41, 5.74) is 1.26. The van der Waals surface area contributed by atoms with Gasteiger partial charge in [0.05, 0.1) is 0 Å². The first kappa shape index (κ1) is 18.0. The third-order valence-corrected chi connectivity index (χ3v) is 3.86. The van der Waals surface area contributed by atoms with Crippen LogP contribution in [0.4, 0.5) is 0 Å². The molecule has 0 amide bonds. The van der Waals surface area contributed by atoms with Crippen LogP contribution in [-0.2, 0) is 25.7 Å². The number of ether oxygens (including phenoxy) is 3. The Morgan fingerprint density at radius 2 is 1.69 bits per heavy atom. The van der Waals surface area contributed by atoms with E-state index in [1.807, 2.05) is 30.3 Å². The van der Waals surface area contributed by atoms with Crippen LogP contribution in [0.3, 0.4) is 0 Å². The minimum Gasteiger partial charge on any atom is -0.488 e. The van der Waals surface area contributed by atoms with Crippen molar-refractivity contribution in [2.24, 2.45) is 0 Å². The van der Waals surface area contributed by atoms with Gasteiger partial charge in [-0.15, -0.1) is 0 Å². The van der Waals surface area contributed by atoms with Crippen LogP contribution in [0, 0.1) is 0 Å². The number of esters is 2. The van der Waals surface area contributed by atoms with E-state index >= 15 is 0 Å². The van der Waals surface area contributed by atoms with E-state index in [4.69, 9.17) is 25.8 Å². The summed E-state index contributed by atoms with van der Waals surface area (Å²) >= 11 is 6.05. The lowest BCUT2D eigenvalue weighted by Crippen LogP contribution is -2.41. The SMILES string of the molecule is CC1(C)OC(=O)C(=Cc2cc(Cl)ccc2OCc2ccccc2)C(=O)O1. The smallest absolute Gasteiger partial charge is 0.348 e. The second kappa shape index (κ2) is 7.22. The van der Waals surface area contributed by atoms with Gasteiger partial charge in [0.2, 0.25) is 0 Å². The summed E-state index contributed by atoms with van der Waals surface area (Å²) < 4.78 is 16.0. The third kappa shape index (κ3) is 4.24. The highest BCUT2D eigenvalue weighted by Gasteiger charge is 2.39. The zero-order valence-electron chi connectivity index (χ0n) is 14.3. The molecule has 0 N–H and O–H groups in total. The zero-order chi connectivity index (χ0) is 18.7. The first-order valence-electron chi connectivity index (χ1n) is 7.99. The lowest BCUT2D eigenvalue weighted by atomic mass is 10.1. The molecular formula is C20H17ClO5. The van der Waals surface area contributed by atoms with Crippen LogP contribution in [0.1, 0.15) is 25.0 Å². The summed E-state index contributed by atoms with van der Waals surface area (Å²) in [6, 6.07) is 14.6. The molecule has 0 atom stereocenters. The van der Waals surface area contributed by atoms with Gasteiger partial charge in [0.25, 0.3) is 5.79 Å². The van der Waals surface area contributed by atoms with E-state index in [0.717, 1.165) is 5.56 Å². The molecule has 0 saturated carbocycles. The summed E-state index contributed by atoms with van der Waals surface area (Å²) in [4.78, 5) is 24.3. The molecule has 3 rings (SSSR count). The average molecular weight is 373 g/mol. The van der Waals surface area contributed by atoms with Crippen LogP contribution in [-0.4, -0.2) is 17.7 Å². The van der Waals surface area contributed by atoms with Gasteiger partial charge in [-0.25, -0.2) is 9.59 Å². The molecule has 0 bridgehead atoms. The highest BCUT2D eigenvalue weighted by atomic mass is 35.5. The molecule has 0 aliphatic carbocycles. The van der Waals surface area contributed by atoms with E-state index in [-0.39, 0.29) is 5.57 Å². The molecule has 0 aromatic heterocycles. The van der Waals surface area contributed by atoms with Crippen LogP contribution in [0.2, 0.25) is 5.02 Å². The lowest BCUT2D eigenvalue weighted by Gasteiger charge is -2.29. The minimum atomic E-state index is -1.29. The Balaban J connectivity index is 1.88. The van der Waals surface area contributed by atoms with Crippen molar-refractivity contribution in [3.8, 4) is 5.75 Å². The van der Waals surface area contributed by atoms with Crippen LogP contribution in [0.25, 0.3) is 6.08 Å². The maximum atomic E-state index is 12.1. The van der Waals surface area contributed by atoms with Crippen LogP contribution in [0.5, 0.6) is 5.75 Å². The van der Waals surface area contributed by atoms with Crippen LogP contribution < -0.4 is 4.74 Å². The van der Waals surface area contributed by atoms with Gasteiger partial charge in [0.1, 0.15) is 17.9 Å². The Labute approximate surface area is 156 Å². The molecule has 1 saturated heterocycles. The number of carbonyl (C=O) groups excluding carboxylic acids is 2. The Hall–Kier alpha value is -2.79. The lowest BCUT2D eigenvalue weighted by molar-refractivity contribution is -0.222. The van der Waals surface area contributed by atoms with Crippen LogP contribution in [0.15, 0.2) is 54.1 Å². The number of carbonyl (C=O) groups is 2. The van der Waals surface area contributed by atoms with Gasteiger partial charge in [-0.1, -0.05) is 41.9 Å². The molecule has 0 unspecified atom stereocenters. The molecule has 26 heavy (non-hydrogen) atoms. The molecular weight excluding hydrogens is 356 g/mol. The predicted molar refractivity (Wildman–Crippen MR) is 96.5 cm³/mol. The van der Waals surface area contributed by atoms with Crippen molar-refractivity contribution in [1.82, 2.24) is 0 Å². The van der Waals surface area contributed by atoms with Gasteiger partial charge in [-0.05, 0) is 29.8 Å². The second-order valence-electron chi connectivity index (χ2n) is 6.19. The van der Waals surface area contributed by atoms with E-state index in [1.54, 1.807) is 18.2 Å². The van der Waals surface area contributed by atoms with Gasteiger partial charge < -0.3 is 14.2 Å². The monoisotopic (exact) mass is 372 g/mol. The van der Waals surface area contributed by atoms with Crippen molar-refractivity contribution < 1.29 is 23.8 Å². The highest BCUT2D eigenvalue weighted by Crippen LogP contribution is 2.29. The van der Waals surface area contributed by atoms with Crippen LogP contribution >= 0.6 is 11.6 Å². The fourth-order valence-corrected chi connectivity index (χ4v) is 2.61. The first-order valence-corrected chi connectivity index (χ1v) is 8.36. The molecule has 5 nitrogen and oxygen atoms in total. The Bertz CT molecular complexity index is 849. The fourth-order valence-electron chi connectivity index (χ4n) is 2.43. The topological polar surface area (TPSA) is 61.8 Å². The summed E-state index contributed by atoms with van der Waals surface area (Å²) in [5.74, 6) is -2.30. The summed E-state index contributed by atoms with van der Waals surface area (Å²) in [6.07, 6.45) is 1.37. The number of rotatable bonds is 4.